The zero-order chi connectivity index (χ0) is 24.4. The Morgan fingerprint density at radius 2 is 2.09 bits per heavy atom. The highest BCUT2D eigenvalue weighted by Crippen LogP contribution is 2.37. The van der Waals surface area contributed by atoms with Crippen molar-refractivity contribution in [3.8, 4) is 0 Å². The van der Waals surface area contributed by atoms with Crippen molar-refractivity contribution in [1.29, 1.82) is 0 Å². The number of carbonyl (C=O) groups is 1. The van der Waals surface area contributed by atoms with Gasteiger partial charge in [-0.05, 0) is 72.7 Å². The van der Waals surface area contributed by atoms with Gasteiger partial charge >= 0.3 is 0 Å². The molecule has 0 radical (unpaired) electrons. The lowest BCUT2D eigenvalue weighted by Gasteiger charge is -2.29. The number of hydroxylamine groups is 1. The molecule has 4 aromatic rings. The average molecular weight is 469 g/mol. The molecule has 1 atom stereocenters. The molecule has 1 aliphatic carbocycles. The molecule has 1 aliphatic rings. The molecule has 1 amide bonds. The van der Waals surface area contributed by atoms with Crippen molar-refractivity contribution in [2.75, 3.05) is 6.54 Å². The fraction of sp³-hybridized carbons (Fsp3) is 0.276. The van der Waals surface area contributed by atoms with Crippen molar-refractivity contribution in [2.24, 2.45) is 7.05 Å². The predicted molar refractivity (Wildman–Crippen MR) is 139 cm³/mol. The van der Waals surface area contributed by atoms with Gasteiger partial charge in [0.15, 0.2) is 0 Å². The summed E-state index contributed by atoms with van der Waals surface area (Å²) in [6, 6.07) is 19.7. The largest absolute Gasteiger partial charge is 0.361 e. The van der Waals surface area contributed by atoms with Gasteiger partial charge in [-0.15, -0.1) is 0 Å². The minimum Gasteiger partial charge on any atom is -0.361 e. The van der Waals surface area contributed by atoms with E-state index in [0.717, 1.165) is 37.9 Å². The van der Waals surface area contributed by atoms with Crippen LogP contribution in [0.3, 0.4) is 0 Å². The normalized spacial score (nSPS) is 15.4. The Hall–Kier alpha value is -3.61. The quantitative estimate of drug-likeness (QED) is 0.192. The van der Waals surface area contributed by atoms with Gasteiger partial charge in [0.2, 0.25) is 0 Å². The number of hydrogen-bond donors (Lipinski definition) is 3. The summed E-state index contributed by atoms with van der Waals surface area (Å²) in [5.41, 5.74) is 10.4. The third kappa shape index (κ3) is 4.94. The van der Waals surface area contributed by atoms with Crippen LogP contribution in [-0.2, 0) is 31.2 Å². The summed E-state index contributed by atoms with van der Waals surface area (Å²) in [6.45, 7) is 3.94. The van der Waals surface area contributed by atoms with Crippen molar-refractivity contribution in [1.82, 2.24) is 19.9 Å². The molecule has 0 bridgehead atoms. The standard InChI is InChI=1S/C29H32N4O2/c1-20-7-11-24(30-20)19-33(16-15-23-18-32(2)27-6-4-3-5-25(23)27)28-13-10-22-17-21(8-12-26(22)28)9-14-29(34)31-35/h3-9,11-12,14,17-18,28,30,35H,10,13,15-16,19H2,1-2H3,(H,31,34)/b14-9+. The number of aromatic nitrogens is 2. The van der Waals surface area contributed by atoms with Gasteiger partial charge in [0, 0.05) is 60.7 Å². The average Bonchev–Trinajstić information content (AvgIpc) is 3.57. The third-order valence-electron chi connectivity index (χ3n) is 7.10. The Morgan fingerprint density at radius 3 is 2.89 bits per heavy atom. The molecule has 0 fully saturated rings. The molecule has 0 spiro atoms. The van der Waals surface area contributed by atoms with Crippen LogP contribution in [0, 0.1) is 6.92 Å². The SMILES string of the molecule is Cc1ccc(CN(CCc2cn(C)c3ccccc23)C2CCc3cc(/C=C/C(=O)NO)ccc32)[nH]1. The van der Waals surface area contributed by atoms with Gasteiger partial charge in [-0.3, -0.25) is 14.9 Å². The molecule has 1 unspecified atom stereocenters. The zero-order valence-electron chi connectivity index (χ0n) is 20.3. The summed E-state index contributed by atoms with van der Waals surface area (Å²) in [5.74, 6) is -0.524. The second-order valence-corrected chi connectivity index (χ2v) is 9.49. The van der Waals surface area contributed by atoms with Gasteiger partial charge in [0.25, 0.3) is 5.91 Å². The number of carbonyl (C=O) groups excluding carboxylic acids is 1. The van der Waals surface area contributed by atoms with E-state index in [1.54, 1.807) is 11.6 Å². The Kier molecular flexibility index (Phi) is 6.57. The van der Waals surface area contributed by atoms with Gasteiger partial charge in [-0.25, -0.2) is 5.48 Å². The van der Waals surface area contributed by atoms with E-state index in [0.29, 0.717) is 6.04 Å². The van der Waals surface area contributed by atoms with Gasteiger partial charge in [0.1, 0.15) is 0 Å². The zero-order valence-corrected chi connectivity index (χ0v) is 20.3. The molecule has 0 saturated carbocycles. The van der Waals surface area contributed by atoms with Crippen LogP contribution in [0.4, 0.5) is 0 Å². The number of nitrogens with zero attached hydrogens (tertiary/aromatic N) is 2. The fourth-order valence-electron chi connectivity index (χ4n) is 5.41. The summed E-state index contributed by atoms with van der Waals surface area (Å²) in [6.07, 6.45) is 8.43. The summed E-state index contributed by atoms with van der Waals surface area (Å²) < 4.78 is 2.22. The maximum Gasteiger partial charge on any atom is 0.267 e. The van der Waals surface area contributed by atoms with Crippen molar-refractivity contribution in [3.63, 3.8) is 0 Å². The Bertz CT molecular complexity index is 1380. The van der Waals surface area contributed by atoms with Crippen LogP contribution in [0.15, 0.2) is 66.9 Å². The number of nitrogens with one attached hydrogen (secondary N) is 2. The lowest BCUT2D eigenvalue weighted by Crippen LogP contribution is -2.29. The van der Waals surface area contributed by atoms with Gasteiger partial charge < -0.3 is 9.55 Å². The van der Waals surface area contributed by atoms with E-state index in [1.807, 2.05) is 0 Å². The van der Waals surface area contributed by atoms with Crippen molar-refractivity contribution < 1.29 is 10.0 Å². The fourth-order valence-corrected chi connectivity index (χ4v) is 5.41. The summed E-state index contributed by atoms with van der Waals surface area (Å²) in [4.78, 5) is 17.5. The maximum atomic E-state index is 11.3. The van der Waals surface area contributed by atoms with Crippen LogP contribution < -0.4 is 5.48 Å². The second kappa shape index (κ2) is 9.94. The number of hydrogen-bond acceptors (Lipinski definition) is 3. The number of para-hydroxylation sites is 1. The van der Waals surface area contributed by atoms with Crippen LogP contribution >= 0.6 is 0 Å². The highest BCUT2D eigenvalue weighted by Gasteiger charge is 2.28. The Morgan fingerprint density at radius 1 is 1.23 bits per heavy atom. The molecule has 3 N–H and O–H groups in total. The van der Waals surface area contributed by atoms with Crippen molar-refractivity contribution >= 4 is 22.9 Å². The molecule has 6 heteroatoms. The molecule has 2 heterocycles. The molecule has 180 valence electrons. The van der Waals surface area contributed by atoms with E-state index in [2.05, 4.69) is 89.2 Å². The van der Waals surface area contributed by atoms with E-state index in [1.165, 1.54) is 45.1 Å². The first-order valence-electron chi connectivity index (χ1n) is 12.2. The number of benzene rings is 2. The number of aryl methyl sites for hydroxylation is 3. The van der Waals surface area contributed by atoms with Crippen LogP contribution in [-0.4, -0.2) is 32.1 Å². The molecular formula is C29H32N4O2. The first kappa shape index (κ1) is 23.1. The van der Waals surface area contributed by atoms with Crippen LogP contribution in [0.1, 0.15) is 46.1 Å². The van der Waals surface area contributed by atoms with E-state index in [4.69, 9.17) is 5.21 Å². The number of rotatable bonds is 8. The van der Waals surface area contributed by atoms with Crippen LogP contribution in [0.5, 0.6) is 0 Å². The lowest BCUT2D eigenvalue weighted by atomic mass is 10.0. The molecular weight excluding hydrogens is 436 g/mol. The number of H-pyrrole nitrogens is 1. The van der Waals surface area contributed by atoms with Crippen molar-refractivity contribution in [3.05, 3.63) is 101 Å². The minimum atomic E-state index is -0.524. The predicted octanol–water partition coefficient (Wildman–Crippen LogP) is 5.07. The summed E-state index contributed by atoms with van der Waals surface area (Å²) >= 11 is 0. The third-order valence-corrected chi connectivity index (χ3v) is 7.10. The van der Waals surface area contributed by atoms with Gasteiger partial charge in [0.05, 0.1) is 0 Å². The smallest absolute Gasteiger partial charge is 0.267 e. The monoisotopic (exact) mass is 468 g/mol. The molecule has 35 heavy (non-hydrogen) atoms. The van der Waals surface area contributed by atoms with Crippen LogP contribution in [0.2, 0.25) is 0 Å². The molecule has 5 rings (SSSR count). The molecule has 2 aromatic carbocycles. The van der Waals surface area contributed by atoms with Gasteiger partial charge in [-0.1, -0.05) is 36.4 Å². The van der Waals surface area contributed by atoms with E-state index < -0.39 is 5.91 Å². The molecule has 0 saturated heterocycles. The second-order valence-electron chi connectivity index (χ2n) is 9.49. The topological polar surface area (TPSA) is 73.3 Å². The Labute approximate surface area is 205 Å². The van der Waals surface area contributed by atoms with E-state index in [9.17, 15) is 4.79 Å². The summed E-state index contributed by atoms with van der Waals surface area (Å²) in [5, 5.41) is 10.1. The lowest BCUT2D eigenvalue weighted by molar-refractivity contribution is -0.124. The Balaban J connectivity index is 1.40. The van der Waals surface area contributed by atoms with Crippen molar-refractivity contribution in [2.45, 2.75) is 38.8 Å². The first-order chi connectivity index (χ1) is 17.0. The molecule has 0 aliphatic heterocycles. The number of fused-ring (bicyclic) bond motifs is 2. The first-order valence-corrected chi connectivity index (χ1v) is 12.2. The number of aromatic amines is 1. The highest BCUT2D eigenvalue weighted by molar-refractivity contribution is 5.90. The van der Waals surface area contributed by atoms with E-state index >= 15 is 0 Å². The molecule has 2 aromatic heterocycles. The van der Waals surface area contributed by atoms with E-state index in [-0.39, 0.29) is 0 Å². The minimum absolute atomic E-state index is 0.349. The van der Waals surface area contributed by atoms with Gasteiger partial charge in [-0.2, -0.15) is 0 Å². The summed E-state index contributed by atoms with van der Waals surface area (Å²) in [7, 11) is 2.12. The van der Waals surface area contributed by atoms with Crippen LogP contribution in [0.25, 0.3) is 17.0 Å². The molecule has 6 nitrogen and oxygen atoms in total. The number of amides is 1. The maximum absolute atomic E-state index is 11.3. The highest BCUT2D eigenvalue weighted by atomic mass is 16.5.